The van der Waals surface area contributed by atoms with Crippen LogP contribution in [0.2, 0.25) is 0 Å². The Hall–Kier alpha value is -3.94. The molecular formula is C25H22F3N3O2. The zero-order valence-electron chi connectivity index (χ0n) is 18.3. The Bertz CT molecular complexity index is 1260. The number of anilines is 2. The van der Waals surface area contributed by atoms with E-state index in [1.807, 2.05) is 55.5 Å². The fraction of sp³-hybridized carbons (Fsp3) is 0.160. The van der Waals surface area contributed by atoms with Crippen LogP contribution in [-0.2, 0) is 4.79 Å². The van der Waals surface area contributed by atoms with E-state index in [0.29, 0.717) is 0 Å². The number of ether oxygens (including phenoxy) is 1. The van der Waals surface area contributed by atoms with Crippen LogP contribution in [-0.4, -0.2) is 22.4 Å². The minimum absolute atomic E-state index is 0.800. The standard InChI is InChI=1S/C23H21N3O.C2HF3O/c1-15-6-4-5-7-22(15)27-19-10-8-18(9-11-19)26-23-20-12-16(2)17(3)13-21(20)24-14-25-23;3-2(4,5)1-6/h4-14H,1-3H3,(H,24,25,26);1H. The number of halogens is 3. The number of fused-ring (bicyclic) bond motifs is 1. The number of aromatic nitrogens is 2. The van der Waals surface area contributed by atoms with E-state index in [9.17, 15) is 13.2 Å². The summed E-state index contributed by atoms with van der Waals surface area (Å²) in [5, 5.41) is 4.40. The maximum atomic E-state index is 10.4. The van der Waals surface area contributed by atoms with E-state index in [0.717, 1.165) is 39.5 Å². The van der Waals surface area contributed by atoms with Crippen LogP contribution < -0.4 is 10.1 Å². The summed E-state index contributed by atoms with van der Waals surface area (Å²) >= 11 is 0. The van der Waals surface area contributed by atoms with Gasteiger partial charge in [0.25, 0.3) is 0 Å². The second kappa shape index (κ2) is 10.1. The van der Waals surface area contributed by atoms with Crippen LogP contribution in [0.3, 0.4) is 0 Å². The van der Waals surface area contributed by atoms with Gasteiger partial charge in [0.1, 0.15) is 23.6 Å². The maximum Gasteiger partial charge on any atom is 0.446 e. The van der Waals surface area contributed by atoms with Gasteiger partial charge < -0.3 is 10.1 Å². The lowest BCUT2D eigenvalue weighted by Gasteiger charge is -2.12. The molecule has 0 fully saturated rings. The van der Waals surface area contributed by atoms with Gasteiger partial charge in [-0.3, -0.25) is 4.79 Å². The molecule has 0 radical (unpaired) electrons. The molecule has 33 heavy (non-hydrogen) atoms. The Morgan fingerprint density at radius 2 is 1.52 bits per heavy atom. The van der Waals surface area contributed by atoms with E-state index in [1.165, 1.54) is 11.1 Å². The van der Waals surface area contributed by atoms with Gasteiger partial charge in [-0.25, -0.2) is 9.97 Å². The van der Waals surface area contributed by atoms with E-state index in [4.69, 9.17) is 9.53 Å². The van der Waals surface area contributed by atoms with Crippen molar-refractivity contribution in [1.82, 2.24) is 9.97 Å². The number of rotatable bonds is 4. The monoisotopic (exact) mass is 453 g/mol. The van der Waals surface area contributed by atoms with Crippen molar-refractivity contribution < 1.29 is 22.7 Å². The van der Waals surface area contributed by atoms with Crippen molar-refractivity contribution in [3.63, 3.8) is 0 Å². The van der Waals surface area contributed by atoms with Gasteiger partial charge in [-0.15, -0.1) is 0 Å². The van der Waals surface area contributed by atoms with Crippen molar-refractivity contribution in [3.8, 4) is 11.5 Å². The van der Waals surface area contributed by atoms with Gasteiger partial charge in [-0.05, 0) is 79.9 Å². The second-order valence-corrected chi connectivity index (χ2v) is 7.35. The van der Waals surface area contributed by atoms with Crippen molar-refractivity contribution >= 4 is 28.7 Å². The van der Waals surface area contributed by atoms with E-state index >= 15 is 0 Å². The van der Waals surface area contributed by atoms with E-state index in [1.54, 1.807) is 6.33 Å². The molecule has 4 aromatic rings. The lowest BCUT2D eigenvalue weighted by atomic mass is 10.1. The summed E-state index contributed by atoms with van der Waals surface area (Å²) in [6.45, 7) is 6.23. The first-order valence-corrected chi connectivity index (χ1v) is 10.0. The largest absolute Gasteiger partial charge is 0.457 e. The lowest BCUT2D eigenvalue weighted by Crippen LogP contribution is -2.07. The molecule has 0 saturated heterocycles. The Kier molecular flexibility index (Phi) is 7.27. The Morgan fingerprint density at radius 1 is 0.879 bits per heavy atom. The fourth-order valence-electron chi connectivity index (χ4n) is 2.96. The van der Waals surface area contributed by atoms with Crippen LogP contribution in [0, 0.1) is 20.8 Å². The van der Waals surface area contributed by atoms with Crippen molar-refractivity contribution in [2.45, 2.75) is 26.9 Å². The minimum atomic E-state index is -4.64. The second-order valence-electron chi connectivity index (χ2n) is 7.35. The minimum Gasteiger partial charge on any atom is -0.457 e. The summed E-state index contributed by atoms with van der Waals surface area (Å²) in [6.07, 6.45) is -4.11. The van der Waals surface area contributed by atoms with Crippen LogP contribution in [0.15, 0.2) is 67.0 Å². The summed E-state index contributed by atoms with van der Waals surface area (Å²) in [7, 11) is 0. The number of para-hydroxylation sites is 1. The molecule has 3 aromatic carbocycles. The van der Waals surface area contributed by atoms with E-state index in [-0.39, 0.29) is 0 Å². The summed E-state index contributed by atoms with van der Waals surface area (Å²) in [6, 6.07) is 20.1. The van der Waals surface area contributed by atoms with Gasteiger partial charge in [0.15, 0.2) is 0 Å². The molecule has 0 amide bonds. The zero-order chi connectivity index (χ0) is 24.0. The molecule has 0 bridgehead atoms. The van der Waals surface area contributed by atoms with Crippen LogP contribution in [0.25, 0.3) is 10.9 Å². The van der Waals surface area contributed by atoms with Gasteiger partial charge in [0.2, 0.25) is 6.29 Å². The van der Waals surface area contributed by atoms with Gasteiger partial charge in [-0.1, -0.05) is 18.2 Å². The number of aldehydes is 1. The van der Waals surface area contributed by atoms with E-state index < -0.39 is 12.5 Å². The number of carbonyl (C=O) groups excluding carboxylic acids is 1. The quantitative estimate of drug-likeness (QED) is 0.343. The molecule has 0 aliphatic rings. The van der Waals surface area contributed by atoms with Crippen molar-refractivity contribution in [1.29, 1.82) is 0 Å². The van der Waals surface area contributed by atoms with Crippen molar-refractivity contribution in [2.75, 3.05) is 5.32 Å². The molecule has 8 heteroatoms. The average Bonchev–Trinajstić information content (AvgIpc) is 2.78. The highest BCUT2D eigenvalue weighted by Crippen LogP contribution is 2.28. The Morgan fingerprint density at radius 3 is 2.15 bits per heavy atom. The third-order valence-corrected chi connectivity index (χ3v) is 4.82. The first-order chi connectivity index (χ1) is 15.7. The molecule has 5 nitrogen and oxygen atoms in total. The highest BCUT2D eigenvalue weighted by atomic mass is 19.4. The van der Waals surface area contributed by atoms with E-state index in [2.05, 4.69) is 41.3 Å². The molecule has 0 saturated carbocycles. The third-order valence-electron chi connectivity index (χ3n) is 4.82. The number of carbonyl (C=O) groups is 1. The summed E-state index contributed by atoms with van der Waals surface area (Å²) in [4.78, 5) is 17.5. The van der Waals surface area contributed by atoms with Gasteiger partial charge >= 0.3 is 6.18 Å². The summed E-state index contributed by atoms with van der Waals surface area (Å²) in [5.41, 5.74) is 5.45. The number of hydrogen-bond acceptors (Lipinski definition) is 5. The Balaban J connectivity index is 0.000000454. The molecule has 170 valence electrons. The molecule has 1 heterocycles. The Labute approximate surface area is 189 Å². The van der Waals surface area contributed by atoms with Gasteiger partial charge in [0, 0.05) is 11.1 Å². The molecule has 4 rings (SSSR count). The van der Waals surface area contributed by atoms with Crippen LogP contribution in [0.1, 0.15) is 16.7 Å². The number of alkyl halides is 3. The SMILES string of the molecule is Cc1cc2ncnc(Nc3ccc(Oc4ccccc4C)cc3)c2cc1C.O=CC(F)(F)F. The first-order valence-electron chi connectivity index (χ1n) is 10.0. The normalized spacial score (nSPS) is 10.8. The topological polar surface area (TPSA) is 64.1 Å². The number of benzene rings is 3. The molecule has 0 unspecified atom stereocenters. The fourth-order valence-corrected chi connectivity index (χ4v) is 2.96. The average molecular weight is 453 g/mol. The smallest absolute Gasteiger partial charge is 0.446 e. The molecule has 1 N–H and O–H groups in total. The lowest BCUT2D eigenvalue weighted by molar-refractivity contribution is -0.156. The molecule has 0 spiro atoms. The van der Waals surface area contributed by atoms with Crippen LogP contribution in [0.4, 0.5) is 24.7 Å². The summed E-state index contributed by atoms with van der Waals surface area (Å²) < 4.78 is 37.2. The molecule has 0 atom stereocenters. The molecule has 0 aliphatic carbocycles. The highest BCUT2D eigenvalue weighted by molar-refractivity contribution is 5.91. The van der Waals surface area contributed by atoms with Crippen LogP contribution in [0.5, 0.6) is 11.5 Å². The molecule has 1 aromatic heterocycles. The first kappa shape index (κ1) is 23.7. The predicted octanol–water partition coefficient (Wildman–Crippen LogP) is 6.84. The van der Waals surface area contributed by atoms with Gasteiger partial charge in [-0.2, -0.15) is 13.2 Å². The predicted molar refractivity (Wildman–Crippen MR) is 122 cm³/mol. The maximum absolute atomic E-state index is 10.4. The van der Waals surface area contributed by atoms with Crippen molar-refractivity contribution in [2.24, 2.45) is 0 Å². The molecule has 0 aliphatic heterocycles. The van der Waals surface area contributed by atoms with Crippen molar-refractivity contribution in [3.05, 3.63) is 83.7 Å². The number of nitrogens with zero attached hydrogens (tertiary/aromatic N) is 2. The number of aryl methyl sites for hydroxylation is 3. The molecular weight excluding hydrogens is 431 g/mol. The van der Waals surface area contributed by atoms with Gasteiger partial charge in [0.05, 0.1) is 5.52 Å². The number of nitrogens with one attached hydrogen (secondary N) is 1. The van der Waals surface area contributed by atoms with Crippen LogP contribution >= 0.6 is 0 Å². The number of hydrogen-bond donors (Lipinski definition) is 1. The zero-order valence-corrected chi connectivity index (χ0v) is 18.3. The highest BCUT2D eigenvalue weighted by Gasteiger charge is 2.24. The third kappa shape index (κ3) is 6.52. The summed E-state index contributed by atoms with van der Waals surface area (Å²) in [5.74, 6) is 2.47.